The van der Waals surface area contributed by atoms with E-state index in [-0.39, 0.29) is 0 Å². The third kappa shape index (κ3) is 3.05. The summed E-state index contributed by atoms with van der Waals surface area (Å²) < 4.78 is 2.59. The highest BCUT2D eigenvalue weighted by atomic mass is 32.1. The van der Waals surface area contributed by atoms with Gasteiger partial charge >= 0.3 is 0 Å². The van der Waals surface area contributed by atoms with Gasteiger partial charge in [0.05, 0.1) is 16.7 Å². The first-order valence-corrected chi connectivity index (χ1v) is 13.2. The Labute approximate surface area is 217 Å². The second-order valence-corrected chi connectivity index (χ2v) is 10.4. The van der Waals surface area contributed by atoms with Crippen molar-refractivity contribution in [3.63, 3.8) is 0 Å². The molecule has 3 aromatic heterocycles. The van der Waals surface area contributed by atoms with Crippen LogP contribution >= 0.6 is 11.3 Å². The van der Waals surface area contributed by atoms with Gasteiger partial charge in [-0.2, -0.15) is 0 Å². The maximum absolute atomic E-state index is 5.23. The van der Waals surface area contributed by atoms with Gasteiger partial charge in [0.15, 0.2) is 0 Å². The topological polar surface area (TPSA) is 25.8 Å². The Morgan fingerprint density at radius 2 is 1.35 bits per heavy atom. The van der Waals surface area contributed by atoms with Gasteiger partial charge in [-0.25, -0.2) is 4.98 Å². The van der Waals surface area contributed by atoms with Crippen molar-refractivity contribution < 1.29 is 0 Å². The van der Waals surface area contributed by atoms with Crippen molar-refractivity contribution in [2.24, 2.45) is 0 Å². The molecule has 0 atom stereocenters. The van der Waals surface area contributed by atoms with Gasteiger partial charge in [-0.3, -0.25) is 4.98 Å². The SMILES string of the molecule is c1ccc(-c2nc3ccccc3c3c2cc(-c2cccc4cccnc24)c2sc4ccccc4c23)cc1. The molecule has 3 heterocycles. The highest BCUT2D eigenvalue weighted by Crippen LogP contribution is 2.48. The van der Waals surface area contributed by atoms with Crippen molar-refractivity contribution in [2.75, 3.05) is 0 Å². The molecule has 0 aliphatic heterocycles. The monoisotopic (exact) mass is 488 g/mol. The van der Waals surface area contributed by atoms with E-state index in [9.17, 15) is 0 Å². The zero-order valence-electron chi connectivity index (χ0n) is 19.8. The van der Waals surface area contributed by atoms with Crippen LogP contribution in [0.15, 0.2) is 121 Å². The van der Waals surface area contributed by atoms with Crippen LogP contribution < -0.4 is 0 Å². The van der Waals surface area contributed by atoms with Gasteiger partial charge in [0.1, 0.15) is 0 Å². The lowest BCUT2D eigenvalue weighted by Gasteiger charge is -2.15. The number of hydrogen-bond acceptors (Lipinski definition) is 3. The maximum Gasteiger partial charge on any atom is 0.0788 e. The van der Waals surface area contributed by atoms with E-state index >= 15 is 0 Å². The van der Waals surface area contributed by atoms with Gasteiger partial charge in [-0.15, -0.1) is 11.3 Å². The molecule has 0 aliphatic carbocycles. The first-order chi connectivity index (χ1) is 18.4. The number of rotatable bonds is 2. The summed E-state index contributed by atoms with van der Waals surface area (Å²) in [4.78, 5) is 10.0. The molecule has 0 amide bonds. The fraction of sp³-hybridized carbons (Fsp3) is 0. The minimum absolute atomic E-state index is 1.01. The molecule has 2 nitrogen and oxygen atoms in total. The molecule has 3 heteroatoms. The van der Waals surface area contributed by atoms with Crippen LogP contribution in [0.5, 0.6) is 0 Å². The zero-order chi connectivity index (χ0) is 24.3. The number of fused-ring (bicyclic) bond motifs is 8. The van der Waals surface area contributed by atoms with Gasteiger partial charge < -0.3 is 0 Å². The summed E-state index contributed by atoms with van der Waals surface area (Å²) in [5.74, 6) is 0. The third-order valence-corrected chi connectivity index (χ3v) is 8.48. The van der Waals surface area contributed by atoms with E-state index in [0.717, 1.165) is 33.2 Å². The van der Waals surface area contributed by atoms with Gasteiger partial charge in [-0.1, -0.05) is 91.0 Å². The lowest BCUT2D eigenvalue weighted by Crippen LogP contribution is -1.92. The summed E-state index contributed by atoms with van der Waals surface area (Å²) in [7, 11) is 0. The number of thiophene rings is 1. The Morgan fingerprint density at radius 3 is 2.27 bits per heavy atom. The van der Waals surface area contributed by atoms with Gasteiger partial charge in [-0.05, 0) is 24.3 Å². The van der Waals surface area contributed by atoms with Crippen LogP contribution in [0.25, 0.3) is 75.1 Å². The van der Waals surface area contributed by atoms with E-state index in [4.69, 9.17) is 9.97 Å². The largest absolute Gasteiger partial charge is 0.256 e. The summed E-state index contributed by atoms with van der Waals surface area (Å²) in [5, 5.41) is 7.37. The first kappa shape index (κ1) is 20.6. The molecule has 8 rings (SSSR count). The number of para-hydroxylation sites is 2. The van der Waals surface area contributed by atoms with E-state index in [1.165, 1.54) is 41.9 Å². The first-order valence-electron chi connectivity index (χ1n) is 12.4. The maximum atomic E-state index is 5.23. The van der Waals surface area contributed by atoms with Crippen LogP contribution in [0.2, 0.25) is 0 Å². The zero-order valence-corrected chi connectivity index (χ0v) is 20.7. The van der Waals surface area contributed by atoms with E-state index in [0.29, 0.717) is 0 Å². The standard InChI is InChI=1S/C34H20N2S/c1-2-10-22(11-3-1)33-27-20-26(23-16-8-12-21-13-9-19-35-32(21)23)34-31(25-15-5-7-18-29(25)37-34)30(27)24-14-4-6-17-28(24)36-33/h1-20H. The second kappa shape index (κ2) is 7.95. The highest BCUT2D eigenvalue weighted by molar-refractivity contribution is 7.26. The molecule has 0 N–H and O–H groups in total. The average Bonchev–Trinajstić information content (AvgIpc) is 3.36. The van der Waals surface area contributed by atoms with Crippen LogP contribution in [0.3, 0.4) is 0 Å². The minimum atomic E-state index is 1.01. The fourth-order valence-corrected chi connectivity index (χ4v) is 6.91. The number of nitrogens with zero attached hydrogens (tertiary/aromatic N) is 2. The molecule has 0 spiro atoms. The third-order valence-electron chi connectivity index (χ3n) is 7.28. The second-order valence-electron chi connectivity index (χ2n) is 9.37. The molecule has 0 fully saturated rings. The van der Waals surface area contributed by atoms with E-state index in [1.807, 2.05) is 23.6 Å². The van der Waals surface area contributed by atoms with Crippen LogP contribution in [0.1, 0.15) is 0 Å². The Balaban J connectivity index is 1.66. The molecule has 0 bridgehead atoms. The van der Waals surface area contributed by atoms with Crippen molar-refractivity contribution in [3.8, 4) is 22.4 Å². The molecule has 8 aromatic rings. The summed E-state index contributed by atoms with van der Waals surface area (Å²) in [6.45, 7) is 0. The smallest absolute Gasteiger partial charge is 0.0788 e. The summed E-state index contributed by atoms with van der Waals surface area (Å²) in [6.07, 6.45) is 1.89. The lowest BCUT2D eigenvalue weighted by molar-refractivity contribution is 1.41. The Morgan fingerprint density at radius 1 is 0.568 bits per heavy atom. The van der Waals surface area contributed by atoms with E-state index < -0.39 is 0 Å². The molecule has 5 aromatic carbocycles. The van der Waals surface area contributed by atoms with Crippen molar-refractivity contribution in [1.82, 2.24) is 9.97 Å². The number of pyridine rings is 2. The van der Waals surface area contributed by atoms with Crippen molar-refractivity contribution >= 4 is 64.1 Å². The highest BCUT2D eigenvalue weighted by Gasteiger charge is 2.20. The van der Waals surface area contributed by atoms with Gasteiger partial charge in [0.25, 0.3) is 0 Å². The predicted octanol–water partition coefficient (Wildman–Crippen LogP) is 9.64. The van der Waals surface area contributed by atoms with E-state index in [1.54, 1.807) is 0 Å². The van der Waals surface area contributed by atoms with Gasteiger partial charge in [0.2, 0.25) is 0 Å². The molecule has 0 saturated carbocycles. The average molecular weight is 489 g/mol. The molecular formula is C34H20N2S. The Kier molecular flexibility index (Phi) is 4.42. The fourth-order valence-electron chi connectivity index (χ4n) is 5.67. The Hall–Kier alpha value is -4.60. The summed E-state index contributed by atoms with van der Waals surface area (Å²) in [6, 6.07) is 40.9. The molecule has 172 valence electrons. The summed E-state index contributed by atoms with van der Waals surface area (Å²) in [5.41, 5.74) is 6.55. The molecule has 0 saturated heterocycles. The number of aromatic nitrogens is 2. The van der Waals surface area contributed by atoms with E-state index in [2.05, 4.69) is 109 Å². The number of hydrogen-bond donors (Lipinski definition) is 0. The molecule has 37 heavy (non-hydrogen) atoms. The number of benzene rings is 5. The predicted molar refractivity (Wildman–Crippen MR) is 158 cm³/mol. The molecule has 0 radical (unpaired) electrons. The normalized spacial score (nSPS) is 11.8. The van der Waals surface area contributed by atoms with Crippen LogP contribution in [-0.4, -0.2) is 9.97 Å². The molecule has 0 aliphatic rings. The van der Waals surface area contributed by atoms with Crippen molar-refractivity contribution in [2.45, 2.75) is 0 Å². The Bertz CT molecular complexity index is 2140. The summed E-state index contributed by atoms with van der Waals surface area (Å²) >= 11 is 1.87. The molecule has 0 unspecified atom stereocenters. The van der Waals surface area contributed by atoms with Gasteiger partial charge in [0, 0.05) is 64.6 Å². The van der Waals surface area contributed by atoms with Crippen LogP contribution in [-0.2, 0) is 0 Å². The quantitative estimate of drug-likeness (QED) is 0.226. The van der Waals surface area contributed by atoms with Crippen molar-refractivity contribution in [3.05, 3.63) is 121 Å². The molecular weight excluding hydrogens is 468 g/mol. The lowest BCUT2D eigenvalue weighted by atomic mass is 9.91. The van der Waals surface area contributed by atoms with Crippen LogP contribution in [0, 0.1) is 0 Å². The van der Waals surface area contributed by atoms with Crippen molar-refractivity contribution in [1.29, 1.82) is 0 Å². The minimum Gasteiger partial charge on any atom is -0.256 e. The van der Waals surface area contributed by atoms with Crippen LogP contribution in [0.4, 0.5) is 0 Å².